The molecule has 160 valence electrons. The van der Waals surface area contributed by atoms with E-state index in [0.29, 0.717) is 27.9 Å². The molecule has 1 aromatic rings. The summed E-state index contributed by atoms with van der Waals surface area (Å²) in [6.07, 6.45) is 0.802. The average Bonchev–Trinajstić information content (AvgIpc) is 2.81. The highest BCUT2D eigenvalue weighted by Crippen LogP contribution is 2.38. The molecule has 0 aliphatic carbocycles. The predicted octanol–water partition coefficient (Wildman–Crippen LogP) is 5.12. The third-order valence-corrected chi connectivity index (χ3v) is 6.04. The fourth-order valence-electron chi connectivity index (χ4n) is 3.15. The Kier molecular flexibility index (Phi) is 7.83. The van der Waals surface area contributed by atoms with E-state index in [1.807, 2.05) is 27.7 Å². The molecular formula is C21H30BCl2NO4. The minimum Gasteiger partial charge on any atom is -0.402 e. The Balaban J connectivity index is 2.00. The van der Waals surface area contributed by atoms with Gasteiger partial charge in [0.25, 0.3) is 0 Å². The van der Waals surface area contributed by atoms with Gasteiger partial charge in [0.1, 0.15) is 0 Å². The van der Waals surface area contributed by atoms with E-state index in [1.165, 1.54) is 6.07 Å². The number of hydrogen-bond acceptors (Lipinski definition) is 4. The normalized spacial score (nSPS) is 18.7. The molecule has 1 heterocycles. The minimum absolute atomic E-state index is 0.0453. The molecule has 1 aromatic carbocycles. The van der Waals surface area contributed by atoms with Gasteiger partial charge >= 0.3 is 7.12 Å². The first-order chi connectivity index (χ1) is 13.3. The summed E-state index contributed by atoms with van der Waals surface area (Å²) in [4.78, 5) is 25.0. The van der Waals surface area contributed by atoms with Crippen LogP contribution in [0.2, 0.25) is 10.0 Å². The van der Waals surface area contributed by atoms with Crippen LogP contribution in [0.25, 0.3) is 0 Å². The molecule has 29 heavy (non-hydrogen) atoms. The van der Waals surface area contributed by atoms with Crippen molar-refractivity contribution in [3.8, 4) is 0 Å². The van der Waals surface area contributed by atoms with Crippen molar-refractivity contribution in [1.29, 1.82) is 0 Å². The van der Waals surface area contributed by atoms with Crippen LogP contribution in [0.1, 0.15) is 71.2 Å². The molecule has 0 unspecified atom stereocenters. The van der Waals surface area contributed by atoms with Gasteiger partial charge in [0.2, 0.25) is 5.91 Å². The Bertz CT molecular complexity index is 751. The Labute approximate surface area is 183 Å². The van der Waals surface area contributed by atoms with Gasteiger partial charge in [0, 0.05) is 23.4 Å². The maximum atomic E-state index is 12.6. The first kappa shape index (κ1) is 24.2. The minimum atomic E-state index is -0.538. The molecule has 0 spiro atoms. The second kappa shape index (κ2) is 9.38. The third kappa shape index (κ3) is 6.20. The van der Waals surface area contributed by atoms with Gasteiger partial charge in [-0.1, -0.05) is 37.0 Å². The van der Waals surface area contributed by atoms with E-state index in [1.54, 1.807) is 12.1 Å². The number of rotatable bonds is 8. The molecule has 8 heteroatoms. The van der Waals surface area contributed by atoms with Crippen molar-refractivity contribution in [2.45, 2.75) is 77.9 Å². The highest BCUT2D eigenvalue weighted by atomic mass is 35.5. The van der Waals surface area contributed by atoms with E-state index < -0.39 is 18.3 Å². The van der Waals surface area contributed by atoms with Crippen LogP contribution in [0.4, 0.5) is 0 Å². The number of carbonyl (C=O) groups excluding carboxylic acids is 2. The Hall–Kier alpha value is -1.08. The lowest BCUT2D eigenvalue weighted by Gasteiger charge is -2.32. The number of hydrogen-bond donors (Lipinski definition) is 1. The summed E-state index contributed by atoms with van der Waals surface area (Å²) < 4.78 is 12.2. The molecule has 0 radical (unpaired) electrons. The van der Waals surface area contributed by atoms with E-state index in [4.69, 9.17) is 32.5 Å². The standard InChI is InChI=1S/C21H30BCl2NO4/c1-13(2)11-18(22-28-20(3,4)21(5,6)29-22)25-19(27)10-9-17(26)15-12-14(23)7-8-16(15)24/h7-8,12-13,18H,9-11H2,1-6H3,(H,25,27)/t18-/m0/s1. The van der Waals surface area contributed by atoms with Gasteiger partial charge in [-0.2, -0.15) is 0 Å². The quantitative estimate of drug-likeness (QED) is 0.449. The summed E-state index contributed by atoms with van der Waals surface area (Å²) in [7, 11) is -0.538. The zero-order valence-electron chi connectivity index (χ0n) is 18.0. The van der Waals surface area contributed by atoms with Gasteiger partial charge in [0.15, 0.2) is 5.78 Å². The first-order valence-electron chi connectivity index (χ1n) is 9.95. The lowest BCUT2D eigenvalue weighted by molar-refractivity contribution is -0.121. The number of Topliss-reactive ketones (excluding diaryl/α,β-unsaturated/α-hetero) is 1. The third-order valence-electron chi connectivity index (χ3n) is 5.48. The summed E-state index contributed by atoms with van der Waals surface area (Å²) in [5.74, 6) is -0.403. The molecule has 1 amide bonds. The molecule has 1 saturated heterocycles. The number of carbonyl (C=O) groups is 2. The van der Waals surface area contributed by atoms with Crippen LogP contribution >= 0.6 is 23.2 Å². The summed E-state index contributed by atoms with van der Waals surface area (Å²) in [6.45, 7) is 12.1. The molecule has 1 fully saturated rings. The van der Waals surface area contributed by atoms with Crippen LogP contribution in [0.3, 0.4) is 0 Å². The largest absolute Gasteiger partial charge is 0.481 e. The van der Waals surface area contributed by atoms with Crippen LogP contribution < -0.4 is 5.32 Å². The summed E-state index contributed by atoms with van der Waals surface area (Å²) in [6, 6.07) is 4.72. The van der Waals surface area contributed by atoms with Crippen molar-refractivity contribution >= 4 is 42.0 Å². The smallest absolute Gasteiger partial charge is 0.402 e. The molecular weight excluding hydrogens is 412 g/mol. The average molecular weight is 442 g/mol. The molecule has 1 aliphatic rings. The topological polar surface area (TPSA) is 64.6 Å². The zero-order valence-corrected chi connectivity index (χ0v) is 19.5. The first-order valence-corrected chi connectivity index (χ1v) is 10.7. The van der Waals surface area contributed by atoms with Gasteiger partial charge in [-0.15, -0.1) is 0 Å². The van der Waals surface area contributed by atoms with Gasteiger partial charge in [-0.05, 0) is 58.2 Å². The SMILES string of the molecule is CC(C)C[C@H](NC(=O)CCC(=O)c1cc(Cl)ccc1Cl)B1OC(C)(C)C(C)(C)O1. The summed E-state index contributed by atoms with van der Waals surface area (Å²) >= 11 is 12.0. The maximum Gasteiger partial charge on any atom is 0.481 e. The molecule has 0 aromatic heterocycles. The van der Waals surface area contributed by atoms with Crippen LogP contribution in [0.15, 0.2) is 18.2 Å². The van der Waals surface area contributed by atoms with Crippen molar-refractivity contribution in [1.82, 2.24) is 5.32 Å². The predicted molar refractivity (Wildman–Crippen MR) is 117 cm³/mol. The van der Waals surface area contributed by atoms with Crippen molar-refractivity contribution in [2.75, 3.05) is 0 Å². The number of nitrogens with one attached hydrogen (secondary N) is 1. The molecule has 0 saturated carbocycles. The highest BCUT2D eigenvalue weighted by molar-refractivity contribution is 6.48. The van der Waals surface area contributed by atoms with E-state index in [-0.39, 0.29) is 30.5 Å². The van der Waals surface area contributed by atoms with Gasteiger partial charge < -0.3 is 14.6 Å². The second-order valence-electron chi connectivity index (χ2n) is 8.98. The Morgan fingerprint density at radius 2 is 1.66 bits per heavy atom. The lowest BCUT2D eigenvalue weighted by Crippen LogP contribution is -2.48. The number of ketones is 1. The molecule has 2 rings (SSSR count). The molecule has 0 bridgehead atoms. The Morgan fingerprint density at radius 1 is 1.07 bits per heavy atom. The highest BCUT2D eigenvalue weighted by Gasteiger charge is 2.54. The molecule has 1 N–H and O–H groups in total. The van der Waals surface area contributed by atoms with Crippen molar-refractivity contribution < 1.29 is 18.9 Å². The van der Waals surface area contributed by atoms with E-state index in [0.717, 1.165) is 0 Å². The fraction of sp³-hybridized carbons (Fsp3) is 0.619. The van der Waals surface area contributed by atoms with Gasteiger partial charge in [-0.25, -0.2) is 0 Å². The maximum absolute atomic E-state index is 12.6. The molecule has 1 aliphatic heterocycles. The van der Waals surface area contributed by atoms with Crippen LogP contribution in [-0.4, -0.2) is 36.0 Å². The monoisotopic (exact) mass is 441 g/mol. The second-order valence-corrected chi connectivity index (χ2v) is 9.82. The summed E-state index contributed by atoms with van der Waals surface area (Å²) in [5.41, 5.74) is -0.620. The lowest BCUT2D eigenvalue weighted by atomic mass is 9.74. The fourth-order valence-corrected chi connectivity index (χ4v) is 3.55. The number of benzene rings is 1. The van der Waals surface area contributed by atoms with Crippen LogP contribution in [0, 0.1) is 5.92 Å². The zero-order chi connectivity index (χ0) is 22.0. The van der Waals surface area contributed by atoms with Crippen LogP contribution in [0.5, 0.6) is 0 Å². The van der Waals surface area contributed by atoms with E-state index >= 15 is 0 Å². The summed E-state index contributed by atoms with van der Waals surface area (Å²) in [5, 5.41) is 3.76. The van der Waals surface area contributed by atoms with Crippen LogP contribution in [-0.2, 0) is 14.1 Å². The van der Waals surface area contributed by atoms with Crippen molar-refractivity contribution in [2.24, 2.45) is 5.92 Å². The van der Waals surface area contributed by atoms with Gasteiger partial charge in [-0.3, -0.25) is 9.59 Å². The Morgan fingerprint density at radius 3 is 2.21 bits per heavy atom. The number of halogens is 2. The number of amides is 1. The van der Waals surface area contributed by atoms with Gasteiger partial charge in [0.05, 0.1) is 22.2 Å². The van der Waals surface area contributed by atoms with Crippen molar-refractivity contribution in [3.05, 3.63) is 33.8 Å². The van der Waals surface area contributed by atoms with E-state index in [2.05, 4.69) is 19.2 Å². The van der Waals surface area contributed by atoms with Crippen molar-refractivity contribution in [3.63, 3.8) is 0 Å². The van der Waals surface area contributed by atoms with E-state index in [9.17, 15) is 9.59 Å². The molecule has 5 nitrogen and oxygen atoms in total. The molecule has 1 atom stereocenters.